The van der Waals surface area contributed by atoms with Gasteiger partial charge in [0.1, 0.15) is 25.4 Å². The Kier molecular flexibility index (Phi) is 5.81. The van der Waals surface area contributed by atoms with E-state index in [1.165, 1.54) is 23.1 Å². The highest BCUT2D eigenvalue weighted by Crippen LogP contribution is 2.27. The number of carboxylic acids is 1. The number of amidine groups is 1. The van der Waals surface area contributed by atoms with Crippen LogP contribution in [0.15, 0.2) is 33.7 Å². The van der Waals surface area contributed by atoms with Crippen LogP contribution in [0.4, 0.5) is 4.39 Å². The molecule has 1 aromatic rings. The smallest absolute Gasteiger partial charge is 0.408 e. The molecule has 1 aliphatic carbocycles. The van der Waals surface area contributed by atoms with Gasteiger partial charge in [0, 0.05) is 19.3 Å². The first kappa shape index (κ1) is 21.4. The van der Waals surface area contributed by atoms with Crippen LogP contribution in [0.2, 0.25) is 0 Å². The highest BCUT2D eigenvalue weighted by atomic mass is 19.1. The number of hydrogen-bond acceptors (Lipinski definition) is 5. The number of nitrogens with one attached hydrogen (secondary N) is 1. The maximum absolute atomic E-state index is 14.2. The minimum absolute atomic E-state index is 0.0251. The molecule has 166 valence electrons. The van der Waals surface area contributed by atoms with Gasteiger partial charge in [-0.25, -0.2) is 19.1 Å². The van der Waals surface area contributed by atoms with E-state index in [4.69, 9.17) is 11.3 Å². The highest BCUT2D eigenvalue weighted by molar-refractivity contribution is 6.08. The third-order valence-corrected chi connectivity index (χ3v) is 5.76. The summed E-state index contributed by atoms with van der Waals surface area (Å²) >= 11 is 0. The van der Waals surface area contributed by atoms with Gasteiger partial charge in [0.25, 0.3) is 0 Å². The number of carboxylic acid groups (broad SMARTS) is 1. The van der Waals surface area contributed by atoms with Gasteiger partial charge >= 0.3 is 11.8 Å². The van der Waals surface area contributed by atoms with Gasteiger partial charge in [0.05, 0.1) is 18.2 Å². The molecule has 0 radical (unpaired) electrons. The molecule has 4 rings (SSSR count). The lowest BCUT2D eigenvalue weighted by atomic mass is 10.2. The van der Waals surface area contributed by atoms with Crippen molar-refractivity contribution in [3.63, 3.8) is 0 Å². The van der Waals surface area contributed by atoms with Crippen molar-refractivity contribution >= 4 is 30.3 Å². The third-order valence-electron chi connectivity index (χ3n) is 5.76. The maximum Gasteiger partial charge on any atom is 0.408 e. The van der Waals surface area contributed by atoms with Gasteiger partial charge in [-0.05, 0) is 31.1 Å². The summed E-state index contributed by atoms with van der Waals surface area (Å²) in [5.74, 6) is 0.0128. The van der Waals surface area contributed by atoms with Crippen molar-refractivity contribution in [3.8, 4) is 12.3 Å². The molecule has 1 saturated heterocycles. The Morgan fingerprint density at radius 1 is 1.53 bits per heavy atom. The van der Waals surface area contributed by atoms with E-state index < -0.39 is 12.1 Å². The Balaban J connectivity index is 1.67. The lowest BCUT2D eigenvalue weighted by molar-refractivity contribution is 0.0679. The van der Waals surface area contributed by atoms with E-state index in [1.807, 2.05) is 4.90 Å². The zero-order valence-electron chi connectivity index (χ0n) is 17.8. The summed E-state index contributed by atoms with van der Waals surface area (Å²) < 4.78 is 21.8. The monoisotopic (exact) mass is 439 g/mol. The van der Waals surface area contributed by atoms with Crippen LogP contribution in [0.3, 0.4) is 0 Å². The second-order valence-corrected chi connectivity index (χ2v) is 7.58. The molecule has 2 atom stereocenters. The van der Waals surface area contributed by atoms with Crippen molar-refractivity contribution in [3.05, 3.63) is 44.8 Å². The average molecular weight is 439 g/mol. The fourth-order valence-electron chi connectivity index (χ4n) is 4.29. The number of halogens is 1. The van der Waals surface area contributed by atoms with Crippen LogP contribution >= 0.6 is 0 Å². The summed E-state index contributed by atoms with van der Waals surface area (Å²) in [5, 5.41) is 13.8. The van der Waals surface area contributed by atoms with Crippen LogP contribution in [0.25, 0.3) is 17.0 Å². The number of carbonyl (C=O) groups is 1. The number of aromatic nitrogens is 1. The molecule has 0 amide bonds. The molecule has 1 fully saturated rings. The van der Waals surface area contributed by atoms with Gasteiger partial charge < -0.3 is 19.7 Å². The van der Waals surface area contributed by atoms with E-state index >= 15 is 0 Å². The molecule has 0 spiro atoms. The number of aliphatic imine (C=N–C) groups is 2. The molecule has 0 bridgehead atoms. The number of alkyl halides is 1. The molecule has 2 N–H and O–H groups in total. The fraction of sp³-hybridized carbons (Fsp3) is 0.364. The van der Waals surface area contributed by atoms with Crippen LogP contribution < -0.4 is 20.6 Å². The number of ether oxygens (including phenoxy) is 1. The Morgan fingerprint density at radius 2 is 2.34 bits per heavy atom. The first-order valence-corrected chi connectivity index (χ1v) is 10.2. The first-order valence-electron chi connectivity index (χ1n) is 10.2. The number of hydrogen-bond donors (Lipinski definition) is 2. The van der Waals surface area contributed by atoms with E-state index in [9.17, 15) is 14.3 Å². The van der Waals surface area contributed by atoms with Gasteiger partial charge in [0.2, 0.25) is 0 Å². The summed E-state index contributed by atoms with van der Waals surface area (Å²) in [6, 6.07) is -0.114. The highest BCUT2D eigenvalue weighted by Gasteiger charge is 2.39. The van der Waals surface area contributed by atoms with Crippen molar-refractivity contribution in [1.82, 2.24) is 14.8 Å². The van der Waals surface area contributed by atoms with E-state index in [-0.39, 0.29) is 24.1 Å². The van der Waals surface area contributed by atoms with Gasteiger partial charge in [0.15, 0.2) is 23.0 Å². The van der Waals surface area contributed by atoms with E-state index in [2.05, 4.69) is 20.1 Å². The Hall–Kier alpha value is -3.87. The van der Waals surface area contributed by atoms with Crippen molar-refractivity contribution in [2.24, 2.45) is 17.0 Å². The molecule has 2 unspecified atom stereocenters. The minimum atomic E-state index is -1.34. The minimum Gasteiger partial charge on any atom is -0.486 e. The lowest BCUT2D eigenvalue weighted by Crippen LogP contribution is -2.36. The standard InChI is InChI=1S/C22H23FN6O3/c1-24-20-17(26-12-27-20)21(25-2)29-9-5-7-14(29)11-32-19-15-10-13(23)6-4-8-16(15)28(3)18(19)22(30)31/h2,4,6,8,10,12-14H,5,7,9,11H2,1,3H3,(H-,24,26,27,30,31)/p+1. The molecular formula is C22H24FN6O3+. The topological polar surface area (TPSA) is 95.8 Å². The number of rotatable bonds is 5. The first-order chi connectivity index (χ1) is 15.5. The largest absolute Gasteiger partial charge is 0.486 e. The van der Waals surface area contributed by atoms with E-state index in [1.54, 1.807) is 26.2 Å². The van der Waals surface area contributed by atoms with Gasteiger partial charge in [-0.3, -0.25) is 4.99 Å². The molecule has 3 aliphatic rings. The van der Waals surface area contributed by atoms with Crippen molar-refractivity contribution in [1.29, 1.82) is 0 Å². The summed E-state index contributed by atoms with van der Waals surface area (Å²) in [5.41, 5.74) is 0.582. The van der Waals surface area contributed by atoms with Gasteiger partial charge in [-0.15, -0.1) is 0 Å². The second kappa shape index (κ2) is 8.70. The lowest BCUT2D eigenvalue weighted by Gasteiger charge is -2.19. The number of likely N-dealkylation sites (tertiary alicyclic amines) is 1. The zero-order valence-corrected chi connectivity index (χ0v) is 17.8. The van der Waals surface area contributed by atoms with Crippen LogP contribution in [0.5, 0.6) is 5.75 Å². The molecule has 9 nitrogen and oxygen atoms in total. The second-order valence-electron chi connectivity index (χ2n) is 7.58. The van der Waals surface area contributed by atoms with Crippen LogP contribution in [-0.4, -0.2) is 65.1 Å². The molecule has 1 aromatic heterocycles. The molecule has 0 aromatic carbocycles. The summed E-state index contributed by atoms with van der Waals surface area (Å²) in [6.07, 6.45) is 7.89. The maximum atomic E-state index is 14.2. The molecule has 0 saturated carbocycles. The molecule has 2 aliphatic heterocycles. The Labute approximate surface area is 184 Å². The number of allylic oxidation sites excluding steroid dienone is 2. The Bertz CT molecular complexity index is 1230. The van der Waals surface area contributed by atoms with Crippen LogP contribution in [-0.2, 0) is 7.05 Å². The summed E-state index contributed by atoms with van der Waals surface area (Å²) in [4.78, 5) is 26.2. The van der Waals surface area contributed by atoms with Crippen molar-refractivity contribution in [2.75, 3.05) is 20.2 Å². The number of aromatic carboxylic acids is 1. The zero-order chi connectivity index (χ0) is 22.8. The molecule has 10 heteroatoms. The molecular weight excluding hydrogens is 415 g/mol. The summed E-state index contributed by atoms with van der Waals surface area (Å²) in [7, 11) is 3.26. The van der Waals surface area contributed by atoms with Crippen LogP contribution in [0, 0.1) is 6.57 Å². The summed E-state index contributed by atoms with van der Waals surface area (Å²) in [6.45, 7) is 6.58. The average Bonchev–Trinajstić information content (AvgIpc) is 3.44. The van der Waals surface area contributed by atoms with Crippen LogP contribution in [0.1, 0.15) is 23.3 Å². The van der Waals surface area contributed by atoms with E-state index in [0.29, 0.717) is 34.5 Å². The molecule has 3 heterocycles. The SMILES string of the molecule is C#[N+]C(=C1NC=NC1=NC)N1CCCC1COc1c(C(=O)O)n(C)c2c1=CC(F)C=CC=2. The Morgan fingerprint density at radius 3 is 3.06 bits per heavy atom. The number of fused-ring (bicyclic) bond motifs is 1. The third kappa shape index (κ3) is 3.66. The predicted molar refractivity (Wildman–Crippen MR) is 120 cm³/mol. The molecule has 32 heavy (non-hydrogen) atoms. The number of nitrogens with zero attached hydrogens (tertiary/aromatic N) is 5. The van der Waals surface area contributed by atoms with Gasteiger partial charge in [-0.2, -0.15) is 4.85 Å². The van der Waals surface area contributed by atoms with Gasteiger partial charge in [-0.1, -0.05) is 6.08 Å². The quantitative estimate of drug-likeness (QED) is 0.709. The fourth-order valence-corrected chi connectivity index (χ4v) is 4.29. The normalized spacial score (nSPS) is 24.3. The van der Waals surface area contributed by atoms with Crippen molar-refractivity contribution in [2.45, 2.75) is 25.1 Å². The van der Waals surface area contributed by atoms with E-state index in [0.717, 1.165) is 12.8 Å². The predicted octanol–water partition coefficient (Wildman–Crippen LogP) is 0.827. The van der Waals surface area contributed by atoms with Crippen molar-refractivity contribution < 1.29 is 19.0 Å².